The number of aliphatic hydroxyl groups is 1. The standard InChI is InChI=1S/C14H24N2OS/c1-11-15-13(10-18-11)6-4-8-16(2)9-12-5-3-7-14(12)17/h10,12,14,17H,3-9H2,1-2H3. The lowest BCUT2D eigenvalue weighted by Gasteiger charge is -2.22. The fraction of sp³-hybridized carbons (Fsp3) is 0.786. The first-order valence-corrected chi connectivity index (χ1v) is 7.80. The maximum absolute atomic E-state index is 9.81. The molecule has 4 heteroatoms. The van der Waals surface area contributed by atoms with Gasteiger partial charge in [-0.2, -0.15) is 0 Å². The van der Waals surface area contributed by atoms with Crippen molar-refractivity contribution in [2.24, 2.45) is 5.92 Å². The van der Waals surface area contributed by atoms with Gasteiger partial charge in [0.1, 0.15) is 0 Å². The highest BCUT2D eigenvalue weighted by Gasteiger charge is 2.25. The Balaban J connectivity index is 1.64. The molecule has 2 atom stereocenters. The van der Waals surface area contributed by atoms with Crippen molar-refractivity contribution in [1.29, 1.82) is 0 Å². The molecule has 2 rings (SSSR count). The minimum absolute atomic E-state index is 0.0614. The van der Waals surface area contributed by atoms with Crippen LogP contribution in [0.3, 0.4) is 0 Å². The van der Waals surface area contributed by atoms with Gasteiger partial charge in [-0.25, -0.2) is 4.98 Å². The molecule has 1 N–H and O–H groups in total. The predicted octanol–water partition coefficient (Wildman–Crippen LogP) is 2.48. The van der Waals surface area contributed by atoms with E-state index in [9.17, 15) is 5.11 Å². The van der Waals surface area contributed by atoms with E-state index in [2.05, 4.69) is 29.2 Å². The van der Waals surface area contributed by atoms with Gasteiger partial charge in [-0.3, -0.25) is 0 Å². The zero-order valence-corrected chi connectivity index (χ0v) is 12.2. The molecule has 0 bridgehead atoms. The summed E-state index contributed by atoms with van der Waals surface area (Å²) in [5.41, 5.74) is 1.23. The highest BCUT2D eigenvalue weighted by molar-refractivity contribution is 7.09. The van der Waals surface area contributed by atoms with E-state index in [1.54, 1.807) is 11.3 Å². The second-order valence-corrected chi connectivity index (χ2v) is 6.54. The zero-order valence-electron chi connectivity index (χ0n) is 11.4. The number of thiazole rings is 1. The average Bonchev–Trinajstić information content (AvgIpc) is 2.89. The Bertz CT molecular complexity index is 366. The van der Waals surface area contributed by atoms with Gasteiger partial charge < -0.3 is 10.0 Å². The van der Waals surface area contributed by atoms with Crippen molar-refractivity contribution >= 4 is 11.3 Å². The molecular weight excluding hydrogens is 244 g/mol. The Morgan fingerprint density at radius 1 is 1.50 bits per heavy atom. The van der Waals surface area contributed by atoms with Gasteiger partial charge in [0, 0.05) is 11.9 Å². The van der Waals surface area contributed by atoms with Gasteiger partial charge in [-0.15, -0.1) is 11.3 Å². The molecule has 18 heavy (non-hydrogen) atoms. The third kappa shape index (κ3) is 4.04. The van der Waals surface area contributed by atoms with E-state index in [1.165, 1.54) is 18.5 Å². The van der Waals surface area contributed by atoms with Crippen LogP contribution in [-0.2, 0) is 6.42 Å². The lowest BCUT2D eigenvalue weighted by Crippen LogP contribution is -2.30. The van der Waals surface area contributed by atoms with Crippen molar-refractivity contribution in [2.75, 3.05) is 20.1 Å². The second-order valence-electron chi connectivity index (χ2n) is 5.48. The number of nitrogens with zero attached hydrogens (tertiary/aromatic N) is 2. The first kappa shape index (κ1) is 14.0. The molecule has 0 aromatic carbocycles. The van der Waals surface area contributed by atoms with E-state index < -0.39 is 0 Å². The molecule has 1 aromatic rings. The summed E-state index contributed by atoms with van der Waals surface area (Å²) in [6.07, 6.45) is 5.55. The monoisotopic (exact) mass is 268 g/mol. The van der Waals surface area contributed by atoms with Gasteiger partial charge in [0.25, 0.3) is 0 Å². The Labute approximate surface area is 114 Å². The molecule has 1 aliphatic rings. The number of hydrogen-bond acceptors (Lipinski definition) is 4. The third-order valence-electron chi connectivity index (χ3n) is 3.80. The van der Waals surface area contributed by atoms with Crippen LogP contribution in [0.25, 0.3) is 0 Å². The Kier molecular flexibility index (Phi) is 5.15. The van der Waals surface area contributed by atoms with Crippen LogP contribution in [0.4, 0.5) is 0 Å². The van der Waals surface area contributed by atoms with E-state index in [-0.39, 0.29) is 6.10 Å². The summed E-state index contributed by atoms with van der Waals surface area (Å²) in [5.74, 6) is 0.497. The highest BCUT2D eigenvalue weighted by atomic mass is 32.1. The van der Waals surface area contributed by atoms with Crippen LogP contribution in [0, 0.1) is 12.8 Å². The minimum atomic E-state index is -0.0614. The van der Waals surface area contributed by atoms with Gasteiger partial charge in [0.15, 0.2) is 0 Å². The molecule has 0 spiro atoms. The minimum Gasteiger partial charge on any atom is -0.393 e. The van der Waals surface area contributed by atoms with Gasteiger partial charge in [-0.1, -0.05) is 6.42 Å². The maximum Gasteiger partial charge on any atom is 0.0897 e. The van der Waals surface area contributed by atoms with Crippen LogP contribution in [0.15, 0.2) is 5.38 Å². The lowest BCUT2D eigenvalue weighted by molar-refractivity contribution is 0.109. The normalized spacial score (nSPS) is 24.0. The lowest BCUT2D eigenvalue weighted by atomic mass is 10.1. The van der Waals surface area contributed by atoms with Crippen LogP contribution < -0.4 is 0 Å². The number of rotatable bonds is 6. The average molecular weight is 268 g/mol. The Morgan fingerprint density at radius 3 is 2.94 bits per heavy atom. The fourth-order valence-corrected chi connectivity index (χ4v) is 3.42. The molecule has 1 saturated carbocycles. The molecule has 1 fully saturated rings. The molecule has 2 unspecified atom stereocenters. The first-order valence-electron chi connectivity index (χ1n) is 6.93. The second kappa shape index (κ2) is 6.64. The van der Waals surface area contributed by atoms with E-state index in [0.717, 1.165) is 37.4 Å². The summed E-state index contributed by atoms with van der Waals surface area (Å²) in [6.45, 7) is 4.19. The Hall–Kier alpha value is -0.450. The topological polar surface area (TPSA) is 36.4 Å². The predicted molar refractivity (Wildman–Crippen MR) is 76.0 cm³/mol. The van der Waals surface area contributed by atoms with Crippen molar-refractivity contribution < 1.29 is 5.11 Å². The van der Waals surface area contributed by atoms with Crippen molar-refractivity contribution in [1.82, 2.24) is 9.88 Å². The molecule has 0 aliphatic heterocycles. The van der Waals surface area contributed by atoms with Crippen LogP contribution >= 0.6 is 11.3 Å². The molecular formula is C14H24N2OS. The summed E-state index contributed by atoms with van der Waals surface area (Å²) in [6, 6.07) is 0. The smallest absolute Gasteiger partial charge is 0.0897 e. The van der Waals surface area contributed by atoms with Crippen molar-refractivity contribution in [3.05, 3.63) is 16.1 Å². The first-order chi connectivity index (χ1) is 8.65. The largest absolute Gasteiger partial charge is 0.393 e. The molecule has 102 valence electrons. The van der Waals surface area contributed by atoms with Gasteiger partial charge in [0.05, 0.1) is 16.8 Å². The van der Waals surface area contributed by atoms with E-state index in [4.69, 9.17) is 0 Å². The number of aryl methyl sites for hydroxylation is 2. The van der Waals surface area contributed by atoms with Crippen molar-refractivity contribution in [3.8, 4) is 0 Å². The SMILES string of the molecule is Cc1nc(CCCN(C)CC2CCCC2O)cs1. The van der Waals surface area contributed by atoms with E-state index in [1.807, 2.05) is 0 Å². The summed E-state index contributed by atoms with van der Waals surface area (Å²) in [7, 11) is 2.16. The van der Waals surface area contributed by atoms with Crippen LogP contribution in [-0.4, -0.2) is 41.2 Å². The third-order valence-corrected chi connectivity index (χ3v) is 4.63. The summed E-state index contributed by atoms with van der Waals surface area (Å²) in [5, 5.41) is 13.1. The molecule has 3 nitrogen and oxygen atoms in total. The van der Waals surface area contributed by atoms with Gasteiger partial charge >= 0.3 is 0 Å². The molecule has 0 saturated heterocycles. The Morgan fingerprint density at radius 2 is 2.33 bits per heavy atom. The van der Waals surface area contributed by atoms with Gasteiger partial charge in [0.2, 0.25) is 0 Å². The molecule has 0 amide bonds. The van der Waals surface area contributed by atoms with Gasteiger partial charge in [-0.05, 0) is 52.1 Å². The summed E-state index contributed by atoms with van der Waals surface area (Å²) in [4.78, 5) is 6.84. The molecule has 1 aromatic heterocycles. The molecule has 1 heterocycles. The molecule has 1 aliphatic carbocycles. The summed E-state index contributed by atoms with van der Waals surface area (Å²) < 4.78 is 0. The molecule has 0 radical (unpaired) electrons. The van der Waals surface area contributed by atoms with Crippen molar-refractivity contribution in [3.63, 3.8) is 0 Å². The van der Waals surface area contributed by atoms with Crippen LogP contribution in [0.2, 0.25) is 0 Å². The number of aromatic nitrogens is 1. The van der Waals surface area contributed by atoms with E-state index in [0.29, 0.717) is 5.92 Å². The highest BCUT2D eigenvalue weighted by Crippen LogP contribution is 2.26. The quantitative estimate of drug-likeness (QED) is 0.861. The zero-order chi connectivity index (χ0) is 13.0. The maximum atomic E-state index is 9.81. The number of hydrogen-bond donors (Lipinski definition) is 1. The number of aliphatic hydroxyl groups excluding tert-OH is 1. The van der Waals surface area contributed by atoms with Crippen LogP contribution in [0.5, 0.6) is 0 Å². The van der Waals surface area contributed by atoms with Crippen molar-refractivity contribution in [2.45, 2.75) is 45.1 Å². The summed E-state index contributed by atoms with van der Waals surface area (Å²) >= 11 is 1.73. The van der Waals surface area contributed by atoms with Crippen LogP contribution in [0.1, 0.15) is 36.4 Å². The fourth-order valence-electron chi connectivity index (χ4n) is 2.78. The van der Waals surface area contributed by atoms with E-state index >= 15 is 0 Å².